The number of isothiocyanates is 1. The molecule has 0 saturated heterocycles. The van der Waals surface area contributed by atoms with Gasteiger partial charge in [0, 0.05) is 31.2 Å². The Balaban J connectivity index is 2.20. The molecule has 120 valence electrons. The number of hydrogen-bond acceptors (Lipinski definition) is 5. The van der Waals surface area contributed by atoms with Crippen LogP contribution in [0.5, 0.6) is 0 Å². The normalized spacial score (nSPS) is 10.5. The molecule has 0 atom stereocenters. The molecule has 0 N–H and O–H groups in total. The first-order chi connectivity index (χ1) is 11.5. The zero-order chi connectivity index (χ0) is 17.3. The van der Waals surface area contributed by atoms with Crippen molar-refractivity contribution in [1.82, 2.24) is 0 Å². The molecule has 0 amide bonds. The van der Waals surface area contributed by atoms with Gasteiger partial charge in [-0.2, -0.15) is 4.99 Å². The van der Waals surface area contributed by atoms with Crippen molar-refractivity contribution in [3.63, 3.8) is 0 Å². The standard InChI is InChI=1S/C19H16N2O2S/c1-12-16-9-8-15(21(2)3)10-17(16)23-19(22)18(12)13-4-6-14(7-5-13)20-11-24/h4-10H,1-3H3. The summed E-state index contributed by atoms with van der Waals surface area (Å²) in [6.07, 6.45) is 0. The molecule has 0 spiro atoms. The first kappa shape index (κ1) is 16.1. The van der Waals surface area contributed by atoms with Crippen molar-refractivity contribution in [2.24, 2.45) is 4.99 Å². The van der Waals surface area contributed by atoms with E-state index >= 15 is 0 Å². The Kier molecular flexibility index (Phi) is 4.30. The minimum absolute atomic E-state index is 0.345. The monoisotopic (exact) mass is 336 g/mol. The van der Waals surface area contributed by atoms with Crippen molar-refractivity contribution in [1.29, 1.82) is 0 Å². The van der Waals surface area contributed by atoms with Gasteiger partial charge in [-0.05, 0) is 54.5 Å². The molecule has 3 rings (SSSR count). The molecule has 0 fully saturated rings. The Labute approximate surface area is 145 Å². The van der Waals surface area contributed by atoms with Gasteiger partial charge in [-0.25, -0.2) is 4.79 Å². The van der Waals surface area contributed by atoms with Crippen molar-refractivity contribution < 1.29 is 4.42 Å². The molecule has 0 aliphatic rings. The van der Waals surface area contributed by atoms with Crippen molar-refractivity contribution in [3.05, 3.63) is 58.4 Å². The van der Waals surface area contributed by atoms with E-state index in [0.717, 1.165) is 22.2 Å². The highest BCUT2D eigenvalue weighted by Gasteiger charge is 2.14. The summed E-state index contributed by atoms with van der Waals surface area (Å²) in [4.78, 5) is 18.4. The Morgan fingerprint density at radius 1 is 1.12 bits per heavy atom. The molecule has 0 radical (unpaired) electrons. The fourth-order valence-corrected chi connectivity index (χ4v) is 2.82. The maximum absolute atomic E-state index is 12.5. The van der Waals surface area contributed by atoms with Gasteiger partial charge in [0.05, 0.1) is 16.4 Å². The summed E-state index contributed by atoms with van der Waals surface area (Å²) in [6, 6.07) is 13.1. The maximum atomic E-state index is 12.5. The third kappa shape index (κ3) is 2.87. The topological polar surface area (TPSA) is 45.8 Å². The summed E-state index contributed by atoms with van der Waals surface area (Å²) < 4.78 is 5.56. The second-order valence-corrected chi connectivity index (χ2v) is 5.90. The molecular formula is C19H16N2O2S. The Hall–Kier alpha value is -2.75. The second kappa shape index (κ2) is 6.40. The van der Waals surface area contributed by atoms with Crippen LogP contribution in [-0.2, 0) is 0 Å². The number of hydrogen-bond donors (Lipinski definition) is 0. The van der Waals surface area contributed by atoms with Gasteiger partial charge in [-0.15, -0.1) is 0 Å². The number of nitrogens with zero attached hydrogens (tertiary/aromatic N) is 2. The van der Waals surface area contributed by atoms with Crippen LogP contribution in [0.4, 0.5) is 11.4 Å². The summed E-state index contributed by atoms with van der Waals surface area (Å²) in [5, 5.41) is 3.26. The Bertz CT molecular complexity index is 1010. The van der Waals surface area contributed by atoms with E-state index in [0.29, 0.717) is 16.8 Å². The summed E-state index contributed by atoms with van der Waals surface area (Å²) >= 11 is 4.60. The average molecular weight is 336 g/mol. The molecule has 0 aliphatic heterocycles. The van der Waals surface area contributed by atoms with Crippen LogP contribution in [0.2, 0.25) is 0 Å². The van der Waals surface area contributed by atoms with E-state index in [1.165, 1.54) is 0 Å². The number of rotatable bonds is 3. The molecular weight excluding hydrogens is 320 g/mol. The van der Waals surface area contributed by atoms with E-state index in [1.54, 1.807) is 12.1 Å². The number of fused-ring (bicyclic) bond motifs is 1. The lowest BCUT2D eigenvalue weighted by molar-refractivity contribution is 0.562. The number of aryl methyl sites for hydroxylation is 1. The average Bonchev–Trinajstić information content (AvgIpc) is 2.56. The van der Waals surface area contributed by atoms with Gasteiger partial charge in [0.25, 0.3) is 0 Å². The Morgan fingerprint density at radius 2 is 1.83 bits per heavy atom. The predicted octanol–water partition coefficient (Wildman–Crippen LogP) is 4.57. The first-order valence-corrected chi connectivity index (χ1v) is 7.85. The van der Waals surface area contributed by atoms with Crippen LogP contribution in [0.15, 0.2) is 56.7 Å². The largest absolute Gasteiger partial charge is 0.422 e. The van der Waals surface area contributed by atoms with E-state index in [2.05, 4.69) is 22.4 Å². The van der Waals surface area contributed by atoms with Crippen LogP contribution in [0.25, 0.3) is 22.1 Å². The minimum atomic E-state index is -0.345. The van der Waals surface area contributed by atoms with Crippen molar-refractivity contribution in [2.75, 3.05) is 19.0 Å². The molecule has 0 saturated carbocycles. The van der Waals surface area contributed by atoms with Crippen LogP contribution in [-0.4, -0.2) is 19.3 Å². The van der Waals surface area contributed by atoms with Crippen molar-refractivity contribution in [2.45, 2.75) is 6.92 Å². The molecule has 0 aliphatic carbocycles. The lowest BCUT2D eigenvalue weighted by Crippen LogP contribution is -2.09. The molecule has 3 aromatic rings. The van der Waals surface area contributed by atoms with Gasteiger partial charge in [0.15, 0.2) is 0 Å². The van der Waals surface area contributed by atoms with Crippen LogP contribution in [0.3, 0.4) is 0 Å². The highest BCUT2D eigenvalue weighted by atomic mass is 32.1. The zero-order valence-electron chi connectivity index (χ0n) is 13.7. The van der Waals surface area contributed by atoms with Crippen LogP contribution >= 0.6 is 12.2 Å². The van der Waals surface area contributed by atoms with Gasteiger partial charge in [0.1, 0.15) is 5.58 Å². The Morgan fingerprint density at radius 3 is 2.46 bits per heavy atom. The van der Waals surface area contributed by atoms with Gasteiger partial charge >= 0.3 is 5.63 Å². The van der Waals surface area contributed by atoms with Crippen LogP contribution < -0.4 is 10.5 Å². The van der Waals surface area contributed by atoms with Crippen LogP contribution in [0, 0.1) is 6.92 Å². The molecule has 4 nitrogen and oxygen atoms in total. The lowest BCUT2D eigenvalue weighted by atomic mass is 9.99. The van der Waals surface area contributed by atoms with E-state index < -0.39 is 0 Å². The first-order valence-electron chi connectivity index (χ1n) is 7.44. The van der Waals surface area contributed by atoms with Crippen molar-refractivity contribution >= 4 is 39.7 Å². The third-order valence-corrected chi connectivity index (χ3v) is 4.09. The smallest absolute Gasteiger partial charge is 0.344 e. The molecule has 0 unspecified atom stereocenters. The second-order valence-electron chi connectivity index (χ2n) is 5.71. The van der Waals surface area contributed by atoms with E-state index in [4.69, 9.17) is 4.42 Å². The van der Waals surface area contributed by atoms with Crippen molar-refractivity contribution in [3.8, 4) is 11.1 Å². The number of benzene rings is 2. The fraction of sp³-hybridized carbons (Fsp3) is 0.158. The zero-order valence-corrected chi connectivity index (χ0v) is 14.5. The molecule has 24 heavy (non-hydrogen) atoms. The molecule has 0 bridgehead atoms. The van der Waals surface area contributed by atoms with E-state index in [1.807, 2.05) is 56.3 Å². The quantitative estimate of drug-likeness (QED) is 0.399. The summed E-state index contributed by atoms with van der Waals surface area (Å²) in [5.41, 5.74) is 4.20. The highest BCUT2D eigenvalue weighted by Crippen LogP contribution is 2.29. The number of aliphatic imine (C=N–C) groups is 1. The van der Waals surface area contributed by atoms with Gasteiger partial charge < -0.3 is 9.32 Å². The molecule has 5 heteroatoms. The predicted molar refractivity (Wildman–Crippen MR) is 102 cm³/mol. The lowest BCUT2D eigenvalue weighted by Gasteiger charge is -2.14. The van der Waals surface area contributed by atoms with Gasteiger partial charge in [-0.1, -0.05) is 12.1 Å². The summed E-state index contributed by atoms with van der Waals surface area (Å²) in [7, 11) is 3.90. The van der Waals surface area contributed by atoms with Gasteiger partial charge in [0.2, 0.25) is 0 Å². The summed E-state index contributed by atoms with van der Waals surface area (Å²) in [6.45, 7) is 1.94. The van der Waals surface area contributed by atoms with E-state index in [9.17, 15) is 4.79 Å². The number of thiocarbonyl (C=S) groups is 1. The molecule has 2 aromatic carbocycles. The number of anilines is 1. The molecule has 1 aromatic heterocycles. The summed E-state index contributed by atoms with van der Waals surface area (Å²) in [5.74, 6) is 0. The van der Waals surface area contributed by atoms with Gasteiger partial charge in [-0.3, -0.25) is 0 Å². The SMILES string of the molecule is Cc1c(-c2ccc(N=C=S)cc2)c(=O)oc2cc(N(C)C)ccc12. The highest BCUT2D eigenvalue weighted by molar-refractivity contribution is 7.78. The van der Waals surface area contributed by atoms with E-state index in [-0.39, 0.29) is 5.63 Å². The fourth-order valence-electron chi connectivity index (χ4n) is 2.71. The minimum Gasteiger partial charge on any atom is -0.422 e. The molecule has 1 heterocycles. The van der Waals surface area contributed by atoms with Crippen LogP contribution in [0.1, 0.15) is 5.56 Å². The maximum Gasteiger partial charge on any atom is 0.344 e. The third-order valence-electron chi connectivity index (χ3n) is 4.00.